The molecule has 0 bridgehead atoms. The zero-order chi connectivity index (χ0) is 15.1. The molecule has 0 fully saturated rings. The molecule has 0 spiro atoms. The van der Waals surface area contributed by atoms with Gasteiger partial charge in [0, 0.05) is 18.7 Å². The van der Waals surface area contributed by atoms with Crippen LogP contribution in [0.3, 0.4) is 0 Å². The van der Waals surface area contributed by atoms with Gasteiger partial charge in [-0.25, -0.2) is 0 Å². The second kappa shape index (κ2) is 7.65. The fourth-order valence-corrected chi connectivity index (χ4v) is 1.69. The van der Waals surface area contributed by atoms with Gasteiger partial charge in [0.05, 0.1) is 0 Å². The molecular weight excluding hydrogens is 254 g/mol. The molecule has 1 unspecified atom stereocenters. The largest absolute Gasteiger partial charge is 0.353 e. The number of nitrogens with one attached hydrogen (secondary N) is 2. The first-order valence-corrected chi connectivity index (χ1v) is 6.70. The van der Waals surface area contributed by atoms with E-state index in [9.17, 15) is 9.59 Å². The van der Waals surface area contributed by atoms with Crippen LogP contribution in [0.15, 0.2) is 24.3 Å². The van der Waals surface area contributed by atoms with Gasteiger partial charge in [0.2, 0.25) is 5.91 Å². The van der Waals surface area contributed by atoms with Crippen LogP contribution in [0.25, 0.3) is 0 Å². The third-order valence-corrected chi connectivity index (χ3v) is 2.88. The number of amides is 2. The molecule has 0 aliphatic heterocycles. The Morgan fingerprint density at radius 2 is 2.00 bits per heavy atom. The van der Waals surface area contributed by atoms with E-state index in [1.54, 1.807) is 19.1 Å². The summed E-state index contributed by atoms with van der Waals surface area (Å²) in [4.78, 5) is 25.8. The molecule has 1 rings (SSSR count). The predicted octanol–water partition coefficient (Wildman–Crippen LogP) is 0.791. The van der Waals surface area contributed by atoms with Crippen LogP contribution >= 0.6 is 0 Å². The van der Waals surface area contributed by atoms with Crippen molar-refractivity contribution in [3.05, 3.63) is 35.4 Å². The predicted molar refractivity (Wildman–Crippen MR) is 79.7 cm³/mol. The highest BCUT2D eigenvalue weighted by atomic mass is 16.2. The molecule has 1 atom stereocenters. The summed E-state index contributed by atoms with van der Waals surface area (Å²) in [5, 5.41) is 5.48. The third-order valence-electron chi connectivity index (χ3n) is 2.88. The van der Waals surface area contributed by atoms with Crippen molar-refractivity contribution in [2.24, 2.45) is 0 Å². The molecule has 5 heteroatoms. The number of hydrogen-bond donors (Lipinski definition) is 2. The first-order chi connectivity index (χ1) is 9.40. The minimum Gasteiger partial charge on any atom is -0.353 e. The normalized spacial score (nSPS) is 12.1. The number of rotatable bonds is 6. The zero-order valence-corrected chi connectivity index (χ0v) is 12.6. The Labute approximate surface area is 120 Å². The highest BCUT2D eigenvalue weighted by molar-refractivity contribution is 5.97. The van der Waals surface area contributed by atoms with Gasteiger partial charge in [-0.05, 0) is 40.1 Å². The first kappa shape index (κ1) is 16.2. The number of hydrogen-bond acceptors (Lipinski definition) is 3. The van der Waals surface area contributed by atoms with Crippen molar-refractivity contribution in [2.45, 2.75) is 19.9 Å². The average Bonchev–Trinajstić information content (AvgIpc) is 2.38. The molecule has 0 saturated carbocycles. The summed E-state index contributed by atoms with van der Waals surface area (Å²) in [6.07, 6.45) is 0. The standard InChI is InChI=1S/C15H23N3O2/c1-11-6-5-7-13(10-11)15(20)17-12(2)14(19)16-8-9-18(3)4/h5-7,10,12H,8-9H2,1-4H3,(H,16,19)(H,17,20). The van der Waals surface area contributed by atoms with E-state index in [0.29, 0.717) is 12.1 Å². The van der Waals surface area contributed by atoms with Gasteiger partial charge in [-0.2, -0.15) is 0 Å². The Morgan fingerprint density at radius 3 is 2.60 bits per heavy atom. The summed E-state index contributed by atoms with van der Waals surface area (Å²) >= 11 is 0. The van der Waals surface area contributed by atoms with Crippen LogP contribution < -0.4 is 10.6 Å². The van der Waals surface area contributed by atoms with E-state index in [4.69, 9.17) is 0 Å². The molecule has 2 amide bonds. The van der Waals surface area contributed by atoms with Gasteiger partial charge < -0.3 is 15.5 Å². The molecule has 1 aromatic carbocycles. The van der Waals surface area contributed by atoms with Crippen molar-refractivity contribution >= 4 is 11.8 Å². The molecule has 0 saturated heterocycles. The van der Waals surface area contributed by atoms with E-state index in [1.165, 1.54) is 0 Å². The van der Waals surface area contributed by atoms with Crippen LogP contribution in [-0.2, 0) is 4.79 Å². The van der Waals surface area contributed by atoms with Crippen molar-refractivity contribution in [2.75, 3.05) is 27.2 Å². The Bertz CT molecular complexity index is 472. The molecule has 0 aliphatic carbocycles. The van der Waals surface area contributed by atoms with Crippen LogP contribution in [0, 0.1) is 6.92 Å². The molecule has 5 nitrogen and oxygen atoms in total. The monoisotopic (exact) mass is 277 g/mol. The molecule has 0 heterocycles. The van der Waals surface area contributed by atoms with Gasteiger partial charge in [0.15, 0.2) is 0 Å². The van der Waals surface area contributed by atoms with Crippen molar-refractivity contribution in [3.63, 3.8) is 0 Å². The maximum Gasteiger partial charge on any atom is 0.251 e. The van der Waals surface area contributed by atoms with Crippen LogP contribution in [-0.4, -0.2) is 49.9 Å². The lowest BCUT2D eigenvalue weighted by atomic mass is 10.1. The lowest BCUT2D eigenvalue weighted by Crippen LogP contribution is -2.46. The van der Waals surface area contributed by atoms with Gasteiger partial charge in [0.25, 0.3) is 5.91 Å². The minimum atomic E-state index is -0.551. The van der Waals surface area contributed by atoms with E-state index in [-0.39, 0.29) is 11.8 Å². The molecule has 0 radical (unpaired) electrons. The number of carbonyl (C=O) groups excluding carboxylic acids is 2. The molecule has 0 aromatic heterocycles. The Balaban J connectivity index is 2.47. The fraction of sp³-hybridized carbons (Fsp3) is 0.467. The summed E-state index contributed by atoms with van der Waals surface area (Å²) in [5.41, 5.74) is 1.58. The second-order valence-electron chi connectivity index (χ2n) is 5.16. The van der Waals surface area contributed by atoms with E-state index in [1.807, 2.05) is 38.1 Å². The Hall–Kier alpha value is -1.88. The number of likely N-dealkylation sites (N-methyl/N-ethyl adjacent to an activating group) is 1. The Kier molecular flexibility index (Phi) is 6.18. The summed E-state index contributed by atoms with van der Waals surface area (Å²) in [7, 11) is 3.88. The SMILES string of the molecule is Cc1cccc(C(=O)NC(C)C(=O)NCCN(C)C)c1. The fourth-order valence-electron chi connectivity index (χ4n) is 1.69. The molecule has 110 valence electrons. The van der Waals surface area contributed by atoms with Crippen LogP contribution in [0.5, 0.6) is 0 Å². The molecule has 1 aromatic rings. The topological polar surface area (TPSA) is 61.4 Å². The van der Waals surface area contributed by atoms with Crippen LogP contribution in [0.2, 0.25) is 0 Å². The number of carbonyl (C=O) groups is 2. The van der Waals surface area contributed by atoms with Crippen molar-refractivity contribution in [1.29, 1.82) is 0 Å². The van der Waals surface area contributed by atoms with E-state index in [0.717, 1.165) is 12.1 Å². The minimum absolute atomic E-state index is 0.173. The first-order valence-electron chi connectivity index (χ1n) is 6.70. The van der Waals surface area contributed by atoms with Gasteiger partial charge >= 0.3 is 0 Å². The van der Waals surface area contributed by atoms with Crippen LogP contribution in [0.1, 0.15) is 22.8 Å². The van der Waals surface area contributed by atoms with Gasteiger partial charge in [-0.3, -0.25) is 9.59 Å². The highest BCUT2D eigenvalue weighted by Gasteiger charge is 2.16. The smallest absolute Gasteiger partial charge is 0.251 e. The molecule has 2 N–H and O–H groups in total. The van der Waals surface area contributed by atoms with Gasteiger partial charge in [-0.1, -0.05) is 17.7 Å². The summed E-state index contributed by atoms with van der Waals surface area (Å²) in [6.45, 7) is 4.94. The molecular formula is C15H23N3O2. The van der Waals surface area contributed by atoms with Gasteiger partial charge in [0.1, 0.15) is 6.04 Å². The Morgan fingerprint density at radius 1 is 1.30 bits per heavy atom. The number of benzene rings is 1. The lowest BCUT2D eigenvalue weighted by molar-refractivity contribution is -0.122. The van der Waals surface area contributed by atoms with Crippen molar-refractivity contribution < 1.29 is 9.59 Å². The average molecular weight is 277 g/mol. The third kappa shape index (κ3) is 5.40. The molecule has 20 heavy (non-hydrogen) atoms. The summed E-state index contributed by atoms with van der Waals surface area (Å²) < 4.78 is 0. The summed E-state index contributed by atoms with van der Waals surface area (Å²) in [6, 6.07) is 6.73. The maximum atomic E-state index is 12.0. The lowest BCUT2D eigenvalue weighted by Gasteiger charge is -2.15. The number of aryl methyl sites for hydroxylation is 1. The van der Waals surface area contributed by atoms with Crippen molar-refractivity contribution in [3.8, 4) is 0 Å². The second-order valence-corrected chi connectivity index (χ2v) is 5.16. The van der Waals surface area contributed by atoms with E-state index < -0.39 is 6.04 Å². The van der Waals surface area contributed by atoms with E-state index in [2.05, 4.69) is 10.6 Å². The maximum absolute atomic E-state index is 12.0. The summed E-state index contributed by atoms with van der Waals surface area (Å²) in [5.74, 6) is -0.406. The van der Waals surface area contributed by atoms with Gasteiger partial charge in [-0.15, -0.1) is 0 Å². The highest BCUT2D eigenvalue weighted by Crippen LogP contribution is 2.04. The van der Waals surface area contributed by atoms with Crippen molar-refractivity contribution in [1.82, 2.24) is 15.5 Å². The number of nitrogens with zero attached hydrogens (tertiary/aromatic N) is 1. The quantitative estimate of drug-likeness (QED) is 0.808. The molecule has 0 aliphatic rings. The zero-order valence-electron chi connectivity index (χ0n) is 12.6. The van der Waals surface area contributed by atoms with E-state index >= 15 is 0 Å². The van der Waals surface area contributed by atoms with Crippen LogP contribution in [0.4, 0.5) is 0 Å².